The molecule has 0 saturated carbocycles. The second-order valence-electron chi connectivity index (χ2n) is 8.78. The van der Waals surface area contributed by atoms with Crippen molar-refractivity contribution in [2.75, 3.05) is 20.1 Å². The number of carbonyl (C=O) groups excluding carboxylic acids is 1. The summed E-state index contributed by atoms with van der Waals surface area (Å²) in [4.78, 5) is 18.2. The molecule has 0 aliphatic carbocycles. The number of thiophene rings is 1. The maximum Gasteiger partial charge on any atom is 0.263 e. The Morgan fingerprint density at radius 1 is 1.22 bits per heavy atom. The SMILES string of the molecule is Cc1nn(C)cc1CN1CCC(C(Cc2ccccc2F)N(C)C(=O)c2cccs2)CC1. The van der Waals surface area contributed by atoms with E-state index in [9.17, 15) is 9.18 Å². The van der Waals surface area contributed by atoms with Gasteiger partial charge in [-0.1, -0.05) is 24.3 Å². The predicted molar refractivity (Wildman–Crippen MR) is 126 cm³/mol. The van der Waals surface area contributed by atoms with Crippen molar-refractivity contribution in [3.8, 4) is 0 Å². The molecule has 0 radical (unpaired) electrons. The van der Waals surface area contributed by atoms with Gasteiger partial charge in [-0.2, -0.15) is 5.10 Å². The Morgan fingerprint density at radius 2 is 1.97 bits per heavy atom. The van der Waals surface area contributed by atoms with Gasteiger partial charge in [0.1, 0.15) is 5.82 Å². The largest absolute Gasteiger partial charge is 0.337 e. The Balaban J connectivity index is 1.48. The van der Waals surface area contributed by atoms with Gasteiger partial charge in [-0.15, -0.1) is 11.3 Å². The summed E-state index contributed by atoms with van der Waals surface area (Å²) in [6.45, 7) is 4.88. The van der Waals surface area contributed by atoms with Crippen molar-refractivity contribution >= 4 is 17.2 Å². The topological polar surface area (TPSA) is 41.4 Å². The van der Waals surface area contributed by atoms with Crippen LogP contribution in [0.2, 0.25) is 0 Å². The predicted octanol–water partition coefficient (Wildman–Crippen LogP) is 4.52. The summed E-state index contributed by atoms with van der Waals surface area (Å²) in [6, 6.07) is 10.7. The summed E-state index contributed by atoms with van der Waals surface area (Å²) in [6.07, 6.45) is 4.60. The lowest BCUT2D eigenvalue weighted by atomic mass is 9.84. The molecule has 1 unspecified atom stereocenters. The Bertz CT molecular complexity index is 1040. The number of aromatic nitrogens is 2. The molecule has 5 nitrogen and oxygen atoms in total. The summed E-state index contributed by atoms with van der Waals surface area (Å²) in [5, 5.41) is 6.38. The minimum absolute atomic E-state index is 0.0229. The molecule has 0 N–H and O–H groups in total. The van der Waals surface area contributed by atoms with Crippen molar-refractivity contribution in [1.29, 1.82) is 0 Å². The highest BCUT2D eigenvalue weighted by atomic mass is 32.1. The van der Waals surface area contributed by atoms with Crippen LogP contribution in [0, 0.1) is 18.7 Å². The lowest BCUT2D eigenvalue weighted by Gasteiger charge is -2.40. The molecular weight excluding hydrogens is 423 g/mol. The van der Waals surface area contributed by atoms with Crippen LogP contribution in [0.3, 0.4) is 0 Å². The number of halogens is 1. The van der Waals surface area contributed by atoms with Crippen LogP contribution >= 0.6 is 11.3 Å². The van der Waals surface area contributed by atoms with Crippen molar-refractivity contribution < 1.29 is 9.18 Å². The summed E-state index contributed by atoms with van der Waals surface area (Å²) in [7, 11) is 3.83. The van der Waals surface area contributed by atoms with Crippen molar-refractivity contribution in [3.05, 3.63) is 75.5 Å². The number of likely N-dealkylation sites (tertiary alicyclic amines) is 1. The van der Waals surface area contributed by atoms with Gasteiger partial charge in [0.25, 0.3) is 5.91 Å². The van der Waals surface area contributed by atoms with Crippen LogP contribution in [0.5, 0.6) is 0 Å². The number of benzene rings is 1. The molecule has 0 bridgehead atoms. The highest BCUT2D eigenvalue weighted by molar-refractivity contribution is 7.12. The minimum Gasteiger partial charge on any atom is -0.337 e. The quantitative estimate of drug-likeness (QED) is 0.527. The second-order valence-corrected chi connectivity index (χ2v) is 9.73. The smallest absolute Gasteiger partial charge is 0.263 e. The van der Waals surface area contributed by atoms with E-state index >= 15 is 0 Å². The molecule has 32 heavy (non-hydrogen) atoms. The Morgan fingerprint density at radius 3 is 2.59 bits per heavy atom. The van der Waals surface area contributed by atoms with E-state index in [1.54, 1.807) is 6.07 Å². The summed E-state index contributed by atoms with van der Waals surface area (Å²) in [5.41, 5.74) is 3.02. The van der Waals surface area contributed by atoms with Gasteiger partial charge in [0.05, 0.1) is 10.6 Å². The average molecular weight is 455 g/mol. The minimum atomic E-state index is -0.195. The molecule has 3 heterocycles. The molecular formula is C25H31FN4OS. The molecule has 1 atom stereocenters. The third-order valence-corrected chi connectivity index (χ3v) is 7.48. The van der Waals surface area contributed by atoms with Crippen LogP contribution in [0.4, 0.5) is 4.39 Å². The zero-order valence-electron chi connectivity index (χ0n) is 19.0. The van der Waals surface area contributed by atoms with Crippen LogP contribution in [-0.4, -0.2) is 51.7 Å². The Hall–Kier alpha value is -2.51. The van der Waals surface area contributed by atoms with Crippen molar-refractivity contribution in [2.45, 2.75) is 38.8 Å². The van der Waals surface area contributed by atoms with Gasteiger partial charge in [0.2, 0.25) is 0 Å². The van der Waals surface area contributed by atoms with Gasteiger partial charge in [-0.25, -0.2) is 4.39 Å². The van der Waals surface area contributed by atoms with E-state index in [1.807, 2.05) is 53.3 Å². The number of hydrogen-bond acceptors (Lipinski definition) is 4. The molecule has 1 aliphatic rings. The first kappa shape index (κ1) is 22.7. The number of hydrogen-bond donors (Lipinski definition) is 0. The van der Waals surface area contributed by atoms with E-state index < -0.39 is 0 Å². The van der Waals surface area contributed by atoms with E-state index in [0.29, 0.717) is 17.9 Å². The summed E-state index contributed by atoms with van der Waals surface area (Å²) in [5.74, 6) is 0.156. The zero-order valence-corrected chi connectivity index (χ0v) is 19.8. The maximum atomic E-state index is 14.5. The zero-order chi connectivity index (χ0) is 22.7. The first-order chi connectivity index (χ1) is 15.4. The van der Waals surface area contributed by atoms with Gasteiger partial charge in [-0.05, 0) is 68.3 Å². The fourth-order valence-corrected chi connectivity index (χ4v) is 5.48. The third-order valence-electron chi connectivity index (χ3n) is 6.62. The lowest BCUT2D eigenvalue weighted by molar-refractivity contribution is 0.0587. The first-order valence-electron chi connectivity index (χ1n) is 11.2. The molecule has 1 aliphatic heterocycles. The highest BCUT2D eigenvalue weighted by Gasteiger charge is 2.33. The Labute approximate surface area is 193 Å². The molecule has 0 spiro atoms. The van der Waals surface area contributed by atoms with Crippen LogP contribution in [0.15, 0.2) is 48.0 Å². The van der Waals surface area contributed by atoms with Crippen LogP contribution in [0.25, 0.3) is 0 Å². The molecule has 1 saturated heterocycles. The maximum absolute atomic E-state index is 14.5. The monoisotopic (exact) mass is 454 g/mol. The number of piperidine rings is 1. The second kappa shape index (κ2) is 9.96. The lowest BCUT2D eigenvalue weighted by Crippen LogP contribution is -2.47. The van der Waals surface area contributed by atoms with Gasteiger partial charge < -0.3 is 4.90 Å². The number of rotatable bonds is 7. The number of nitrogens with zero attached hydrogens (tertiary/aromatic N) is 4. The first-order valence-corrected chi connectivity index (χ1v) is 12.1. The summed E-state index contributed by atoms with van der Waals surface area (Å²) >= 11 is 1.46. The van der Waals surface area contributed by atoms with E-state index in [2.05, 4.69) is 23.1 Å². The number of amides is 1. The molecule has 2 aromatic heterocycles. The summed E-state index contributed by atoms with van der Waals surface area (Å²) < 4.78 is 16.3. The molecule has 7 heteroatoms. The molecule has 1 fully saturated rings. The van der Waals surface area contributed by atoms with Crippen molar-refractivity contribution in [1.82, 2.24) is 19.6 Å². The van der Waals surface area contributed by atoms with E-state index in [1.165, 1.54) is 23.0 Å². The average Bonchev–Trinajstić information content (AvgIpc) is 3.43. The van der Waals surface area contributed by atoms with Crippen LogP contribution < -0.4 is 0 Å². The normalized spacial score (nSPS) is 16.2. The van der Waals surface area contributed by atoms with E-state index in [0.717, 1.165) is 43.0 Å². The molecule has 1 aromatic carbocycles. The third kappa shape index (κ3) is 5.10. The van der Waals surface area contributed by atoms with Crippen molar-refractivity contribution in [3.63, 3.8) is 0 Å². The van der Waals surface area contributed by atoms with Gasteiger partial charge in [0, 0.05) is 38.4 Å². The molecule has 170 valence electrons. The van der Waals surface area contributed by atoms with Crippen LogP contribution in [0.1, 0.15) is 39.3 Å². The Kier molecular flexibility index (Phi) is 7.06. The van der Waals surface area contributed by atoms with Crippen molar-refractivity contribution in [2.24, 2.45) is 13.0 Å². The molecule has 1 amide bonds. The van der Waals surface area contributed by atoms with Gasteiger partial charge >= 0.3 is 0 Å². The van der Waals surface area contributed by atoms with E-state index in [-0.39, 0.29) is 17.8 Å². The number of likely N-dealkylation sites (N-methyl/N-ethyl adjacent to an activating group) is 1. The highest BCUT2D eigenvalue weighted by Crippen LogP contribution is 2.29. The van der Waals surface area contributed by atoms with E-state index in [4.69, 9.17) is 0 Å². The van der Waals surface area contributed by atoms with Crippen LogP contribution in [-0.2, 0) is 20.0 Å². The fraction of sp³-hybridized carbons (Fsp3) is 0.440. The van der Waals surface area contributed by atoms with Gasteiger partial charge in [0.15, 0.2) is 0 Å². The standard InChI is InChI=1S/C25H31FN4OS/c1-18-21(16-28(2)27-18)17-30-12-10-19(11-13-30)23(15-20-7-4-5-8-22(20)26)29(3)25(31)24-9-6-14-32-24/h4-9,14,16,19,23H,10-13,15,17H2,1-3H3. The number of carbonyl (C=O) groups is 1. The molecule has 4 rings (SSSR count). The van der Waals surface area contributed by atoms with Gasteiger partial charge in [-0.3, -0.25) is 14.4 Å². The number of aryl methyl sites for hydroxylation is 2. The fourth-order valence-electron chi connectivity index (χ4n) is 4.77. The molecule has 3 aromatic rings.